The van der Waals surface area contributed by atoms with Gasteiger partial charge in [-0.25, -0.2) is 18.0 Å². The monoisotopic (exact) mass is 675 g/mol. The largest absolute Gasteiger partial charge is 0.508 e. The number of nitrogens with one attached hydrogen (secondary N) is 1. The van der Waals surface area contributed by atoms with Crippen molar-refractivity contribution >= 4 is 45.4 Å². The summed E-state index contributed by atoms with van der Waals surface area (Å²) in [5, 5.41) is 8.15. The van der Waals surface area contributed by atoms with Crippen molar-refractivity contribution in [1.82, 2.24) is 30.0 Å². The smallest absolute Gasteiger partial charge is 0.463 e. The van der Waals surface area contributed by atoms with Crippen molar-refractivity contribution < 1.29 is 36.9 Å². The molecule has 16 heteroatoms. The molecule has 2 fully saturated rings. The number of fused-ring (bicyclic) bond motifs is 7. The van der Waals surface area contributed by atoms with Gasteiger partial charge in [0.1, 0.15) is 23.6 Å². The van der Waals surface area contributed by atoms with E-state index in [2.05, 4.69) is 25.1 Å². The molecule has 6 bridgehead atoms. The summed E-state index contributed by atoms with van der Waals surface area (Å²) in [7, 11) is 3.42. The molecule has 0 amide bonds. The Hall–Kier alpha value is -3.95. The van der Waals surface area contributed by atoms with Gasteiger partial charge >= 0.3 is 12.2 Å². The molecule has 4 aliphatic rings. The highest BCUT2D eigenvalue weighted by Crippen LogP contribution is 2.60. The van der Waals surface area contributed by atoms with Crippen molar-refractivity contribution in [1.29, 1.82) is 0 Å². The number of anilines is 1. The molecule has 8 rings (SSSR count). The molecule has 6 heterocycles. The van der Waals surface area contributed by atoms with Crippen LogP contribution in [0.15, 0.2) is 18.5 Å². The molecule has 3 aromatic heterocycles. The van der Waals surface area contributed by atoms with Gasteiger partial charge in [-0.15, -0.1) is 0 Å². The Bertz CT molecular complexity index is 1880. The number of aromatic nitrogens is 5. The van der Waals surface area contributed by atoms with Crippen LogP contribution in [-0.2, 0) is 20.6 Å². The zero-order valence-corrected chi connectivity index (χ0v) is 26.8. The molecule has 1 saturated heterocycles. The minimum atomic E-state index is -2.93. The summed E-state index contributed by atoms with van der Waals surface area (Å²) in [6, 6.07) is 1.41. The van der Waals surface area contributed by atoms with Crippen LogP contribution >= 0.6 is 11.6 Å². The second kappa shape index (κ2) is 11.6. The van der Waals surface area contributed by atoms with Crippen molar-refractivity contribution in [2.24, 2.45) is 5.41 Å². The number of rotatable bonds is 5. The van der Waals surface area contributed by atoms with E-state index in [1.54, 1.807) is 43.1 Å². The van der Waals surface area contributed by atoms with Gasteiger partial charge in [0.2, 0.25) is 0 Å². The fraction of sp³-hybridized carbons (Fsp3) is 0.516. The van der Waals surface area contributed by atoms with Crippen LogP contribution in [0, 0.1) is 11.2 Å². The number of ether oxygens (including phenoxy) is 4. The Morgan fingerprint density at radius 2 is 2.00 bits per heavy atom. The maximum absolute atomic E-state index is 16.9. The minimum Gasteiger partial charge on any atom is -0.463 e. The molecular weight excluding hydrogens is 643 g/mol. The summed E-state index contributed by atoms with van der Waals surface area (Å²) < 4.78 is 69.0. The molecular formula is C31H33ClF3N7O5. The third kappa shape index (κ3) is 5.78. The average Bonchev–Trinajstić information content (AvgIpc) is 3.32. The average molecular weight is 676 g/mol. The first-order chi connectivity index (χ1) is 22.4. The molecule has 250 valence electrons. The second-order valence-corrected chi connectivity index (χ2v) is 13.4. The summed E-state index contributed by atoms with van der Waals surface area (Å²) in [6.45, 7) is 2.07. The molecule has 1 aromatic carbocycles. The Morgan fingerprint density at radius 3 is 2.77 bits per heavy atom. The lowest BCUT2D eigenvalue weighted by atomic mass is 9.95. The lowest BCUT2D eigenvalue weighted by molar-refractivity contribution is -0.0575. The molecule has 3 aliphatic heterocycles. The van der Waals surface area contributed by atoms with E-state index in [9.17, 15) is 13.6 Å². The quantitative estimate of drug-likeness (QED) is 0.287. The molecule has 1 aliphatic carbocycles. The number of alkyl halides is 2. The number of carbonyl (C=O) groups is 1. The first-order valence-corrected chi connectivity index (χ1v) is 15.6. The zero-order chi connectivity index (χ0) is 33.1. The number of aromatic amines is 1. The summed E-state index contributed by atoms with van der Waals surface area (Å²) in [5.41, 5.74) is -1.24. The maximum atomic E-state index is 16.9. The Morgan fingerprint density at radius 1 is 1.19 bits per heavy atom. The summed E-state index contributed by atoms with van der Waals surface area (Å²) in [4.78, 5) is 29.9. The third-order valence-corrected chi connectivity index (χ3v) is 9.18. The van der Waals surface area contributed by atoms with Crippen LogP contribution in [0.5, 0.6) is 6.01 Å². The van der Waals surface area contributed by atoms with Crippen molar-refractivity contribution in [3.05, 3.63) is 34.9 Å². The van der Waals surface area contributed by atoms with E-state index < -0.39 is 28.9 Å². The molecule has 4 aromatic rings. The predicted octanol–water partition coefficient (Wildman–Crippen LogP) is 5.02. The number of benzene rings is 1. The molecule has 47 heavy (non-hydrogen) atoms. The van der Waals surface area contributed by atoms with Crippen LogP contribution in [-0.4, -0.2) is 108 Å². The number of hydrogen-bond donors (Lipinski definition) is 1. The highest BCUT2D eigenvalue weighted by molar-refractivity contribution is 6.33. The van der Waals surface area contributed by atoms with E-state index in [4.69, 9.17) is 30.5 Å². The Labute approximate surface area is 272 Å². The molecule has 0 spiro atoms. The summed E-state index contributed by atoms with van der Waals surface area (Å²) in [5.74, 6) is -3.49. The Kier molecular flexibility index (Phi) is 7.83. The molecule has 12 nitrogen and oxygen atoms in total. The second-order valence-electron chi connectivity index (χ2n) is 13.0. The SMILES string of the molecule is CN(C)C[C@]1(COc2nc3c4cnc(c(F)c4n2)-c2c(c(Cl)cc4[nH]ncc24)CCCOC(=O)O[C@]2(C)COCCN3C2)CC1(F)F. The van der Waals surface area contributed by atoms with Crippen molar-refractivity contribution in [2.75, 3.05) is 65.1 Å². The maximum Gasteiger partial charge on any atom is 0.508 e. The van der Waals surface area contributed by atoms with Crippen molar-refractivity contribution in [2.45, 2.75) is 37.7 Å². The zero-order valence-electron chi connectivity index (χ0n) is 26.0. The lowest BCUT2D eigenvalue weighted by Crippen LogP contribution is -2.46. The molecule has 1 N–H and O–H groups in total. The van der Waals surface area contributed by atoms with Crippen LogP contribution in [0.1, 0.15) is 25.3 Å². The molecule has 0 unspecified atom stereocenters. The number of pyridine rings is 1. The topological polar surface area (TPSA) is 128 Å². The van der Waals surface area contributed by atoms with Gasteiger partial charge in [0.05, 0.1) is 48.9 Å². The minimum absolute atomic E-state index is 0.0187. The van der Waals surface area contributed by atoms with Crippen LogP contribution in [0.4, 0.5) is 23.8 Å². The number of carbonyl (C=O) groups excluding carboxylic acids is 1. The molecule has 0 radical (unpaired) electrons. The predicted molar refractivity (Wildman–Crippen MR) is 166 cm³/mol. The van der Waals surface area contributed by atoms with E-state index in [-0.39, 0.29) is 80.9 Å². The lowest BCUT2D eigenvalue weighted by Gasteiger charge is -2.32. The highest BCUT2D eigenvalue weighted by Gasteiger charge is 2.71. The van der Waals surface area contributed by atoms with Crippen LogP contribution in [0.25, 0.3) is 33.1 Å². The first kappa shape index (κ1) is 31.6. The van der Waals surface area contributed by atoms with Crippen molar-refractivity contribution in [3.8, 4) is 17.3 Å². The van der Waals surface area contributed by atoms with Gasteiger partial charge in [-0.2, -0.15) is 15.1 Å². The van der Waals surface area contributed by atoms with Gasteiger partial charge in [0, 0.05) is 41.7 Å². The number of hydrogen-bond acceptors (Lipinski definition) is 11. The van der Waals surface area contributed by atoms with Crippen LogP contribution in [0.2, 0.25) is 5.02 Å². The van der Waals surface area contributed by atoms with Gasteiger partial charge in [-0.3, -0.25) is 10.1 Å². The molecule has 1 saturated carbocycles. The van der Waals surface area contributed by atoms with Gasteiger partial charge in [0.25, 0.3) is 5.92 Å². The Balaban J connectivity index is 1.42. The van der Waals surface area contributed by atoms with Crippen LogP contribution < -0.4 is 9.64 Å². The standard InChI is InChI=1S/C31H33ClF3N7O5/c1-29-13-42(6-8-44-15-29)26-19-10-36-25(22-17(5-4-7-45-28(43)47-29)20(32)9-21-18(22)11-37-40-21)23(33)24(19)38-27(39-26)46-16-30(14-41(2)3)12-31(30,34)35/h9-11H,4-8,12-16H2,1-3H3,(H,37,40)/t29-,30-/m0/s1. The fourth-order valence-corrected chi connectivity index (χ4v) is 6.85. The number of halogens is 4. The van der Waals surface area contributed by atoms with E-state index in [1.807, 2.05) is 0 Å². The molecule has 2 atom stereocenters. The van der Waals surface area contributed by atoms with E-state index in [1.165, 1.54) is 6.20 Å². The van der Waals surface area contributed by atoms with Gasteiger partial charge < -0.3 is 28.7 Å². The summed E-state index contributed by atoms with van der Waals surface area (Å²) in [6.07, 6.45) is 2.46. The van der Waals surface area contributed by atoms with Gasteiger partial charge in [-0.05, 0) is 45.5 Å². The van der Waals surface area contributed by atoms with E-state index in [0.717, 1.165) is 0 Å². The van der Waals surface area contributed by atoms with E-state index in [0.29, 0.717) is 39.9 Å². The number of nitrogens with zero attached hydrogens (tertiary/aromatic N) is 6. The van der Waals surface area contributed by atoms with E-state index >= 15 is 4.39 Å². The van der Waals surface area contributed by atoms with Crippen molar-refractivity contribution in [3.63, 3.8) is 0 Å². The summed E-state index contributed by atoms with van der Waals surface area (Å²) >= 11 is 6.73. The third-order valence-electron chi connectivity index (χ3n) is 8.85. The normalized spacial score (nSPS) is 24.3. The number of H-pyrrole nitrogens is 1. The fourth-order valence-electron chi connectivity index (χ4n) is 6.55. The van der Waals surface area contributed by atoms with Gasteiger partial charge in [0.15, 0.2) is 11.4 Å². The van der Waals surface area contributed by atoms with Gasteiger partial charge in [-0.1, -0.05) is 11.6 Å². The first-order valence-electron chi connectivity index (χ1n) is 15.2. The highest BCUT2D eigenvalue weighted by atomic mass is 35.5. The van der Waals surface area contributed by atoms with Crippen LogP contribution in [0.3, 0.4) is 0 Å².